The molecular formula is C8H12N4O4. The first-order valence-corrected chi connectivity index (χ1v) is 4.52. The second kappa shape index (κ2) is 4.60. The minimum Gasteiger partial charge on any atom is -0.481 e. The molecule has 0 aliphatic rings. The lowest BCUT2D eigenvalue weighted by molar-refractivity contribution is -0.384. The summed E-state index contributed by atoms with van der Waals surface area (Å²) in [6.45, 7) is 0.174. The van der Waals surface area contributed by atoms with Crippen molar-refractivity contribution in [1.82, 2.24) is 9.78 Å². The number of carbonyl (C=O) groups is 1. The van der Waals surface area contributed by atoms with Gasteiger partial charge in [0, 0.05) is 20.6 Å². The Morgan fingerprint density at radius 1 is 1.75 bits per heavy atom. The van der Waals surface area contributed by atoms with Crippen LogP contribution in [0.3, 0.4) is 0 Å². The first-order valence-electron chi connectivity index (χ1n) is 4.52. The number of aromatic nitrogens is 2. The summed E-state index contributed by atoms with van der Waals surface area (Å²) < 4.78 is 1.32. The highest BCUT2D eigenvalue weighted by Gasteiger charge is 2.21. The van der Waals surface area contributed by atoms with Gasteiger partial charge in [0.2, 0.25) is 5.82 Å². The van der Waals surface area contributed by atoms with Crippen molar-refractivity contribution in [3.05, 3.63) is 16.3 Å². The summed E-state index contributed by atoms with van der Waals surface area (Å²) in [6.07, 6.45) is 1.19. The first kappa shape index (κ1) is 12.0. The molecule has 1 rings (SSSR count). The van der Waals surface area contributed by atoms with E-state index in [1.165, 1.54) is 15.8 Å². The fraction of sp³-hybridized carbons (Fsp3) is 0.500. The number of anilines is 1. The third kappa shape index (κ3) is 2.69. The van der Waals surface area contributed by atoms with Gasteiger partial charge in [0.15, 0.2) is 0 Å². The molecule has 1 N–H and O–H groups in total. The zero-order valence-electron chi connectivity index (χ0n) is 8.95. The molecule has 0 radical (unpaired) electrons. The van der Waals surface area contributed by atoms with Crippen molar-refractivity contribution in [1.29, 1.82) is 0 Å². The number of carboxylic acid groups (broad SMARTS) is 1. The van der Waals surface area contributed by atoms with Crippen molar-refractivity contribution in [2.75, 3.05) is 18.5 Å². The number of hydrogen-bond donors (Lipinski definition) is 1. The summed E-state index contributed by atoms with van der Waals surface area (Å²) in [5, 5.41) is 23.1. The number of nitrogens with zero attached hydrogens (tertiary/aromatic N) is 4. The zero-order chi connectivity index (χ0) is 12.3. The van der Waals surface area contributed by atoms with Crippen LogP contribution in [0.1, 0.15) is 6.42 Å². The summed E-state index contributed by atoms with van der Waals surface area (Å²) in [5.74, 6) is -0.779. The highest BCUT2D eigenvalue weighted by atomic mass is 16.6. The van der Waals surface area contributed by atoms with Crippen LogP contribution in [-0.2, 0) is 11.8 Å². The van der Waals surface area contributed by atoms with Gasteiger partial charge < -0.3 is 10.0 Å². The molecule has 0 saturated heterocycles. The smallest absolute Gasteiger partial charge is 0.330 e. The molecule has 88 valence electrons. The van der Waals surface area contributed by atoms with E-state index in [0.29, 0.717) is 0 Å². The Hall–Kier alpha value is -2.12. The maximum absolute atomic E-state index is 10.7. The molecule has 0 spiro atoms. The standard InChI is InChI=1S/C8H12N4O4/c1-10(4-3-7(13)14)8-6(12(15)16)5-11(2)9-8/h5H,3-4H2,1-2H3,(H,13,14). The first-order chi connectivity index (χ1) is 7.41. The molecule has 0 aliphatic heterocycles. The van der Waals surface area contributed by atoms with Crippen LogP contribution >= 0.6 is 0 Å². The highest BCUT2D eigenvalue weighted by Crippen LogP contribution is 2.24. The van der Waals surface area contributed by atoms with E-state index in [2.05, 4.69) is 5.10 Å². The molecule has 16 heavy (non-hydrogen) atoms. The second-order valence-corrected chi connectivity index (χ2v) is 3.33. The summed E-state index contributed by atoms with van der Waals surface area (Å²) in [4.78, 5) is 22.0. The van der Waals surface area contributed by atoms with E-state index in [9.17, 15) is 14.9 Å². The predicted octanol–water partition coefficient (Wildman–Crippen LogP) is 0.239. The molecule has 0 bridgehead atoms. The topological polar surface area (TPSA) is 102 Å². The Labute approximate surface area is 91.2 Å². The van der Waals surface area contributed by atoms with Crippen molar-refractivity contribution in [2.45, 2.75) is 6.42 Å². The number of rotatable bonds is 5. The third-order valence-electron chi connectivity index (χ3n) is 2.01. The average Bonchev–Trinajstić information content (AvgIpc) is 2.56. The van der Waals surface area contributed by atoms with Gasteiger partial charge in [-0.05, 0) is 0 Å². The van der Waals surface area contributed by atoms with Gasteiger partial charge in [0.25, 0.3) is 0 Å². The van der Waals surface area contributed by atoms with Gasteiger partial charge in [-0.25, -0.2) is 0 Å². The van der Waals surface area contributed by atoms with Crippen LogP contribution in [0.4, 0.5) is 11.5 Å². The highest BCUT2D eigenvalue weighted by molar-refractivity contribution is 5.68. The van der Waals surface area contributed by atoms with E-state index in [0.717, 1.165) is 0 Å². The van der Waals surface area contributed by atoms with E-state index in [1.54, 1.807) is 14.1 Å². The summed E-state index contributed by atoms with van der Waals surface area (Å²) in [6, 6.07) is 0. The minimum absolute atomic E-state index is 0.0930. The SMILES string of the molecule is CN(CCC(=O)O)c1nn(C)cc1[N+](=O)[O-]. The normalized spacial score (nSPS) is 10.1. The Balaban J connectivity index is 2.85. The third-order valence-corrected chi connectivity index (χ3v) is 2.01. The maximum atomic E-state index is 10.7. The lowest BCUT2D eigenvalue weighted by Gasteiger charge is -2.13. The van der Waals surface area contributed by atoms with Gasteiger partial charge in [0.05, 0.1) is 11.3 Å². The number of hydrogen-bond acceptors (Lipinski definition) is 5. The Morgan fingerprint density at radius 3 is 2.88 bits per heavy atom. The molecule has 0 amide bonds. The molecule has 8 nitrogen and oxygen atoms in total. The fourth-order valence-corrected chi connectivity index (χ4v) is 1.23. The van der Waals surface area contributed by atoms with Gasteiger partial charge in [-0.1, -0.05) is 0 Å². The van der Waals surface area contributed by atoms with Crippen LogP contribution in [0.25, 0.3) is 0 Å². The number of aliphatic carboxylic acids is 1. The Kier molecular flexibility index (Phi) is 3.44. The zero-order valence-corrected chi connectivity index (χ0v) is 8.95. The van der Waals surface area contributed by atoms with Crippen LogP contribution in [0.15, 0.2) is 6.20 Å². The van der Waals surface area contributed by atoms with Crippen molar-refractivity contribution >= 4 is 17.5 Å². The Morgan fingerprint density at radius 2 is 2.38 bits per heavy atom. The lowest BCUT2D eigenvalue weighted by Crippen LogP contribution is -2.22. The van der Waals surface area contributed by atoms with E-state index >= 15 is 0 Å². The molecule has 0 unspecified atom stereocenters. The maximum Gasteiger partial charge on any atom is 0.330 e. The molecule has 1 aromatic heterocycles. The summed E-state index contributed by atoms with van der Waals surface area (Å²) in [5.41, 5.74) is -0.129. The van der Waals surface area contributed by atoms with Crippen molar-refractivity contribution in [3.8, 4) is 0 Å². The molecular weight excluding hydrogens is 216 g/mol. The molecule has 8 heteroatoms. The van der Waals surface area contributed by atoms with E-state index in [4.69, 9.17) is 5.11 Å². The molecule has 0 aliphatic carbocycles. The van der Waals surface area contributed by atoms with Crippen LogP contribution in [0, 0.1) is 10.1 Å². The number of nitro groups is 1. The summed E-state index contributed by atoms with van der Waals surface area (Å²) in [7, 11) is 3.14. The number of aryl methyl sites for hydroxylation is 1. The Bertz CT molecular complexity index is 414. The fourth-order valence-electron chi connectivity index (χ4n) is 1.23. The largest absolute Gasteiger partial charge is 0.481 e. The van der Waals surface area contributed by atoms with Gasteiger partial charge in [-0.3, -0.25) is 19.6 Å². The molecule has 0 fully saturated rings. The minimum atomic E-state index is -0.953. The van der Waals surface area contributed by atoms with E-state index < -0.39 is 10.9 Å². The van der Waals surface area contributed by atoms with Crippen molar-refractivity contribution < 1.29 is 14.8 Å². The second-order valence-electron chi connectivity index (χ2n) is 3.33. The van der Waals surface area contributed by atoms with Gasteiger partial charge in [-0.15, -0.1) is 5.10 Å². The van der Waals surface area contributed by atoms with Crippen LogP contribution in [0.5, 0.6) is 0 Å². The van der Waals surface area contributed by atoms with E-state index in [-0.39, 0.29) is 24.5 Å². The summed E-state index contributed by atoms with van der Waals surface area (Å²) >= 11 is 0. The quantitative estimate of drug-likeness (QED) is 0.572. The lowest BCUT2D eigenvalue weighted by atomic mass is 10.4. The molecule has 1 heterocycles. The van der Waals surface area contributed by atoms with Crippen molar-refractivity contribution in [3.63, 3.8) is 0 Å². The van der Waals surface area contributed by atoms with Crippen LogP contribution in [-0.4, -0.2) is 39.4 Å². The van der Waals surface area contributed by atoms with Crippen LogP contribution < -0.4 is 4.90 Å². The van der Waals surface area contributed by atoms with Crippen LogP contribution in [0.2, 0.25) is 0 Å². The van der Waals surface area contributed by atoms with Gasteiger partial charge >= 0.3 is 11.7 Å². The average molecular weight is 228 g/mol. The number of carboxylic acids is 1. The van der Waals surface area contributed by atoms with E-state index in [1.807, 2.05) is 0 Å². The van der Waals surface area contributed by atoms with Gasteiger partial charge in [0.1, 0.15) is 6.20 Å². The molecule has 0 saturated carbocycles. The molecule has 0 aromatic carbocycles. The predicted molar refractivity (Wildman–Crippen MR) is 55.4 cm³/mol. The molecule has 1 aromatic rings. The van der Waals surface area contributed by atoms with Crippen molar-refractivity contribution in [2.24, 2.45) is 7.05 Å². The monoisotopic (exact) mass is 228 g/mol. The van der Waals surface area contributed by atoms with Gasteiger partial charge in [-0.2, -0.15) is 0 Å². The molecule has 0 atom stereocenters.